The van der Waals surface area contributed by atoms with Gasteiger partial charge in [0.15, 0.2) is 0 Å². The SMILES string of the molecule is CS(=O)(=O)N1CCC(C(=O)NCc2ccc(OC3CCCCC3)nc2)CC1. The van der Waals surface area contributed by atoms with Gasteiger partial charge in [-0.05, 0) is 44.1 Å². The van der Waals surface area contributed by atoms with E-state index in [4.69, 9.17) is 4.74 Å². The minimum absolute atomic E-state index is 0.0225. The lowest BCUT2D eigenvalue weighted by atomic mass is 9.97. The van der Waals surface area contributed by atoms with Gasteiger partial charge in [0.25, 0.3) is 0 Å². The van der Waals surface area contributed by atoms with Crippen LogP contribution in [0.5, 0.6) is 5.88 Å². The van der Waals surface area contributed by atoms with Gasteiger partial charge in [0.1, 0.15) is 6.10 Å². The molecule has 2 fully saturated rings. The third-order valence-corrected chi connectivity index (χ3v) is 6.70. The van der Waals surface area contributed by atoms with E-state index in [-0.39, 0.29) is 17.9 Å². The first kappa shape index (κ1) is 20.1. The van der Waals surface area contributed by atoms with Crippen molar-refractivity contribution in [1.82, 2.24) is 14.6 Å². The zero-order chi connectivity index (χ0) is 19.3. The summed E-state index contributed by atoms with van der Waals surface area (Å²) < 4.78 is 30.4. The Balaban J connectivity index is 1.42. The van der Waals surface area contributed by atoms with Gasteiger partial charge in [-0.15, -0.1) is 0 Å². The Kier molecular flexibility index (Phi) is 6.70. The number of hydrogen-bond donors (Lipinski definition) is 1. The summed E-state index contributed by atoms with van der Waals surface area (Å²) in [6.45, 7) is 1.24. The number of nitrogens with one attached hydrogen (secondary N) is 1. The van der Waals surface area contributed by atoms with Crippen LogP contribution in [0.1, 0.15) is 50.5 Å². The summed E-state index contributed by atoms with van der Waals surface area (Å²) in [6, 6.07) is 3.79. The maximum atomic E-state index is 12.3. The smallest absolute Gasteiger partial charge is 0.223 e. The van der Waals surface area contributed by atoms with Gasteiger partial charge < -0.3 is 10.1 Å². The van der Waals surface area contributed by atoms with E-state index in [1.54, 1.807) is 6.20 Å². The van der Waals surface area contributed by atoms with Crippen LogP contribution >= 0.6 is 0 Å². The fraction of sp³-hybridized carbons (Fsp3) is 0.684. The third kappa shape index (κ3) is 5.90. The molecule has 7 nitrogen and oxygen atoms in total. The monoisotopic (exact) mass is 395 g/mol. The van der Waals surface area contributed by atoms with E-state index in [1.807, 2.05) is 12.1 Å². The number of piperidine rings is 1. The Morgan fingerprint density at radius 3 is 2.48 bits per heavy atom. The van der Waals surface area contributed by atoms with Crippen LogP contribution in [0.4, 0.5) is 0 Å². The first-order chi connectivity index (χ1) is 12.9. The van der Waals surface area contributed by atoms with E-state index < -0.39 is 10.0 Å². The Morgan fingerprint density at radius 1 is 1.19 bits per heavy atom. The molecule has 0 atom stereocenters. The molecule has 1 amide bonds. The highest BCUT2D eigenvalue weighted by Gasteiger charge is 2.28. The molecule has 0 radical (unpaired) electrons. The summed E-state index contributed by atoms with van der Waals surface area (Å²) in [4.78, 5) is 16.7. The molecule has 1 saturated carbocycles. The highest BCUT2D eigenvalue weighted by Crippen LogP contribution is 2.22. The van der Waals surface area contributed by atoms with E-state index in [2.05, 4.69) is 10.3 Å². The number of carbonyl (C=O) groups is 1. The minimum Gasteiger partial charge on any atom is -0.474 e. The maximum Gasteiger partial charge on any atom is 0.223 e. The van der Waals surface area contributed by atoms with Crippen LogP contribution in [0.15, 0.2) is 18.3 Å². The van der Waals surface area contributed by atoms with Gasteiger partial charge in [-0.25, -0.2) is 17.7 Å². The maximum absolute atomic E-state index is 12.3. The lowest BCUT2D eigenvalue weighted by molar-refractivity contribution is -0.126. The summed E-state index contributed by atoms with van der Waals surface area (Å²) >= 11 is 0. The van der Waals surface area contributed by atoms with Crippen LogP contribution < -0.4 is 10.1 Å². The van der Waals surface area contributed by atoms with Crippen molar-refractivity contribution < 1.29 is 17.9 Å². The number of aromatic nitrogens is 1. The molecule has 1 aliphatic carbocycles. The van der Waals surface area contributed by atoms with Crippen LogP contribution in [-0.2, 0) is 21.4 Å². The molecule has 3 rings (SSSR count). The Hall–Kier alpha value is -1.67. The average Bonchev–Trinajstić information content (AvgIpc) is 2.67. The van der Waals surface area contributed by atoms with Crippen LogP contribution in [0.25, 0.3) is 0 Å². The van der Waals surface area contributed by atoms with Gasteiger partial charge in [0.2, 0.25) is 21.8 Å². The highest BCUT2D eigenvalue weighted by molar-refractivity contribution is 7.88. The lowest BCUT2D eigenvalue weighted by Gasteiger charge is -2.29. The summed E-state index contributed by atoms with van der Waals surface area (Å²) in [6.07, 6.45) is 10.3. The second-order valence-corrected chi connectivity index (χ2v) is 9.52. The van der Waals surface area contributed by atoms with Gasteiger partial charge >= 0.3 is 0 Å². The molecule has 150 valence electrons. The molecule has 1 aromatic rings. The molecule has 2 aliphatic rings. The zero-order valence-electron chi connectivity index (χ0n) is 15.9. The Labute approximate surface area is 161 Å². The van der Waals surface area contributed by atoms with Crippen molar-refractivity contribution in [1.29, 1.82) is 0 Å². The first-order valence-corrected chi connectivity index (χ1v) is 11.6. The van der Waals surface area contributed by atoms with E-state index >= 15 is 0 Å². The number of pyridine rings is 1. The largest absolute Gasteiger partial charge is 0.474 e. The van der Waals surface area contributed by atoms with Crippen molar-refractivity contribution in [3.05, 3.63) is 23.9 Å². The molecular weight excluding hydrogens is 366 g/mol. The first-order valence-electron chi connectivity index (χ1n) is 9.76. The summed E-state index contributed by atoms with van der Waals surface area (Å²) in [5.74, 6) is 0.487. The zero-order valence-corrected chi connectivity index (χ0v) is 16.7. The topological polar surface area (TPSA) is 88.6 Å². The van der Waals surface area contributed by atoms with E-state index in [0.29, 0.717) is 38.4 Å². The van der Waals surface area contributed by atoms with Crippen LogP contribution in [0, 0.1) is 5.92 Å². The number of amides is 1. The molecule has 8 heteroatoms. The standard InChI is InChI=1S/C19H29N3O4S/c1-27(24,25)22-11-9-16(10-12-22)19(23)21-14-15-7-8-18(20-13-15)26-17-5-3-2-4-6-17/h7-8,13,16-17H,2-6,9-12,14H2,1H3,(H,21,23). The van der Waals surface area contributed by atoms with Gasteiger partial charge in [0.05, 0.1) is 6.26 Å². The van der Waals surface area contributed by atoms with Crippen LogP contribution in [-0.4, -0.2) is 49.1 Å². The predicted octanol–water partition coefficient (Wildman–Crippen LogP) is 2.08. The van der Waals surface area contributed by atoms with Gasteiger partial charge in [0, 0.05) is 37.8 Å². The van der Waals surface area contributed by atoms with Crippen molar-refractivity contribution in [3.8, 4) is 5.88 Å². The minimum atomic E-state index is -3.16. The molecule has 1 saturated heterocycles. The lowest BCUT2D eigenvalue weighted by Crippen LogP contribution is -2.42. The molecule has 27 heavy (non-hydrogen) atoms. The third-order valence-electron chi connectivity index (χ3n) is 5.40. The second kappa shape index (κ2) is 9.01. The number of carbonyl (C=O) groups excluding carboxylic acids is 1. The van der Waals surface area contributed by atoms with Gasteiger partial charge in [-0.2, -0.15) is 0 Å². The summed E-state index contributed by atoms with van der Waals surface area (Å²) in [5, 5.41) is 2.94. The molecule has 0 spiro atoms. The van der Waals surface area contributed by atoms with Crippen molar-refractivity contribution in [3.63, 3.8) is 0 Å². The number of nitrogens with zero attached hydrogens (tertiary/aromatic N) is 2. The number of sulfonamides is 1. The Bertz CT molecular complexity index is 722. The van der Waals surface area contributed by atoms with Crippen LogP contribution in [0.3, 0.4) is 0 Å². The Morgan fingerprint density at radius 2 is 1.89 bits per heavy atom. The molecule has 0 aromatic carbocycles. The van der Waals surface area contributed by atoms with Gasteiger partial charge in [-0.1, -0.05) is 12.5 Å². The van der Waals surface area contributed by atoms with Crippen molar-refractivity contribution in [2.45, 2.75) is 57.6 Å². The van der Waals surface area contributed by atoms with E-state index in [1.165, 1.54) is 29.8 Å². The van der Waals surface area contributed by atoms with E-state index in [0.717, 1.165) is 18.4 Å². The predicted molar refractivity (Wildman–Crippen MR) is 103 cm³/mol. The number of hydrogen-bond acceptors (Lipinski definition) is 5. The van der Waals surface area contributed by atoms with Crippen molar-refractivity contribution in [2.75, 3.05) is 19.3 Å². The quantitative estimate of drug-likeness (QED) is 0.797. The highest BCUT2D eigenvalue weighted by atomic mass is 32.2. The summed E-state index contributed by atoms with van der Waals surface area (Å²) in [5.41, 5.74) is 0.924. The van der Waals surface area contributed by atoms with E-state index in [9.17, 15) is 13.2 Å². The van der Waals surface area contributed by atoms with Crippen molar-refractivity contribution >= 4 is 15.9 Å². The fourth-order valence-electron chi connectivity index (χ4n) is 3.72. The molecule has 2 heterocycles. The molecule has 0 bridgehead atoms. The average molecular weight is 396 g/mol. The normalized spacial score (nSPS) is 20.3. The van der Waals surface area contributed by atoms with Crippen molar-refractivity contribution in [2.24, 2.45) is 5.92 Å². The fourth-order valence-corrected chi connectivity index (χ4v) is 4.60. The molecule has 0 unspecified atom stereocenters. The molecule has 1 N–H and O–H groups in total. The summed E-state index contributed by atoms with van der Waals surface area (Å²) in [7, 11) is -3.16. The second-order valence-electron chi connectivity index (χ2n) is 7.54. The number of rotatable bonds is 6. The number of ether oxygens (including phenoxy) is 1. The molecule has 1 aromatic heterocycles. The molecular formula is C19H29N3O4S. The van der Waals surface area contributed by atoms with Crippen LogP contribution in [0.2, 0.25) is 0 Å². The van der Waals surface area contributed by atoms with Gasteiger partial charge in [-0.3, -0.25) is 4.79 Å². The molecule has 1 aliphatic heterocycles.